The van der Waals surface area contributed by atoms with Crippen molar-refractivity contribution in [2.24, 2.45) is 0 Å². The normalized spacial score (nSPS) is 10.7. The van der Waals surface area contributed by atoms with E-state index < -0.39 is 0 Å². The second kappa shape index (κ2) is 7.13. The van der Waals surface area contributed by atoms with E-state index in [1.165, 1.54) is 4.70 Å². The van der Waals surface area contributed by atoms with Gasteiger partial charge in [0.15, 0.2) is 0 Å². The first-order valence-corrected chi connectivity index (χ1v) is 8.14. The second-order valence-electron chi connectivity index (χ2n) is 5.00. The van der Waals surface area contributed by atoms with Gasteiger partial charge in [-0.05, 0) is 24.3 Å². The molecule has 0 spiro atoms. The summed E-state index contributed by atoms with van der Waals surface area (Å²) in [6.07, 6.45) is 3.69. The summed E-state index contributed by atoms with van der Waals surface area (Å²) in [4.78, 5) is 20.6. The molecule has 1 aromatic carbocycles. The van der Waals surface area contributed by atoms with Crippen LogP contribution in [-0.2, 0) is 17.6 Å². The topological polar surface area (TPSA) is 54.9 Å². The van der Waals surface area contributed by atoms with Gasteiger partial charge >= 0.3 is 0 Å². The standard InChI is InChI=1S/C17H17N3OS/c21-16(19-12-10-13-5-3-4-11-18-13)8-9-17-20-14-6-1-2-7-15(14)22-17/h1-7,11H,8-10,12H2,(H,19,21). The predicted molar refractivity (Wildman–Crippen MR) is 88.9 cm³/mol. The molecule has 1 N–H and O–H groups in total. The van der Waals surface area contributed by atoms with Crippen molar-refractivity contribution >= 4 is 27.5 Å². The van der Waals surface area contributed by atoms with Gasteiger partial charge in [-0.1, -0.05) is 18.2 Å². The number of hydrogen-bond donors (Lipinski definition) is 1. The molecule has 0 saturated heterocycles. The van der Waals surface area contributed by atoms with Gasteiger partial charge in [-0.25, -0.2) is 4.98 Å². The van der Waals surface area contributed by atoms with Gasteiger partial charge in [-0.3, -0.25) is 9.78 Å². The molecule has 0 unspecified atom stereocenters. The van der Waals surface area contributed by atoms with Gasteiger partial charge in [0.25, 0.3) is 0 Å². The lowest BCUT2D eigenvalue weighted by atomic mass is 10.2. The average Bonchev–Trinajstić information content (AvgIpc) is 2.97. The van der Waals surface area contributed by atoms with Crippen LogP contribution in [0.2, 0.25) is 0 Å². The van der Waals surface area contributed by atoms with E-state index in [-0.39, 0.29) is 5.91 Å². The molecule has 0 aliphatic heterocycles. The number of pyridine rings is 1. The highest BCUT2D eigenvalue weighted by Crippen LogP contribution is 2.22. The fourth-order valence-corrected chi connectivity index (χ4v) is 3.18. The summed E-state index contributed by atoms with van der Waals surface area (Å²) in [7, 11) is 0. The quantitative estimate of drug-likeness (QED) is 0.761. The number of para-hydroxylation sites is 1. The molecule has 3 rings (SSSR count). The summed E-state index contributed by atoms with van der Waals surface area (Å²) in [5, 5.41) is 3.95. The van der Waals surface area contributed by atoms with Crippen LogP contribution in [0.15, 0.2) is 48.7 Å². The van der Waals surface area contributed by atoms with Crippen molar-refractivity contribution in [2.45, 2.75) is 19.3 Å². The molecule has 0 aliphatic rings. The number of carbonyl (C=O) groups excluding carboxylic acids is 1. The first kappa shape index (κ1) is 14.7. The highest BCUT2D eigenvalue weighted by atomic mass is 32.1. The molecule has 22 heavy (non-hydrogen) atoms. The molecule has 3 aromatic rings. The number of hydrogen-bond acceptors (Lipinski definition) is 4. The molecule has 2 aromatic heterocycles. The largest absolute Gasteiger partial charge is 0.356 e. The number of benzene rings is 1. The van der Waals surface area contributed by atoms with E-state index in [0.29, 0.717) is 19.4 Å². The van der Waals surface area contributed by atoms with Gasteiger partial charge in [0, 0.05) is 37.7 Å². The fourth-order valence-electron chi connectivity index (χ4n) is 2.21. The van der Waals surface area contributed by atoms with Crippen molar-refractivity contribution < 1.29 is 4.79 Å². The predicted octanol–water partition coefficient (Wildman–Crippen LogP) is 2.98. The van der Waals surface area contributed by atoms with Crippen LogP contribution in [-0.4, -0.2) is 22.4 Å². The third-order valence-electron chi connectivity index (χ3n) is 3.33. The monoisotopic (exact) mass is 311 g/mol. The highest BCUT2D eigenvalue weighted by Gasteiger charge is 2.06. The van der Waals surface area contributed by atoms with Crippen LogP contribution in [0.5, 0.6) is 0 Å². The molecule has 0 aliphatic carbocycles. The van der Waals surface area contributed by atoms with Gasteiger partial charge in [-0.15, -0.1) is 11.3 Å². The third-order valence-corrected chi connectivity index (χ3v) is 4.43. The van der Waals surface area contributed by atoms with Crippen LogP contribution in [0.3, 0.4) is 0 Å². The van der Waals surface area contributed by atoms with Crippen molar-refractivity contribution in [1.82, 2.24) is 15.3 Å². The van der Waals surface area contributed by atoms with Crippen molar-refractivity contribution in [2.75, 3.05) is 6.54 Å². The van der Waals surface area contributed by atoms with Crippen LogP contribution in [0.1, 0.15) is 17.1 Å². The molecule has 112 valence electrons. The van der Waals surface area contributed by atoms with Crippen molar-refractivity contribution in [3.8, 4) is 0 Å². The van der Waals surface area contributed by atoms with Gasteiger partial charge in [0.05, 0.1) is 15.2 Å². The van der Waals surface area contributed by atoms with Crippen molar-refractivity contribution in [3.05, 3.63) is 59.4 Å². The Balaban J connectivity index is 1.44. The van der Waals surface area contributed by atoms with Gasteiger partial charge in [-0.2, -0.15) is 0 Å². The van der Waals surface area contributed by atoms with Crippen molar-refractivity contribution in [1.29, 1.82) is 0 Å². The number of thiazole rings is 1. The molecule has 0 radical (unpaired) electrons. The van der Waals surface area contributed by atoms with E-state index in [1.807, 2.05) is 36.4 Å². The summed E-state index contributed by atoms with van der Waals surface area (Å²) in [5.41, 5.74) is 2.01. The van der Waals surface area contributed by atoms with Crippen molar-refractivity contribution in [3.63, 3.8) is 0 Å². The smallest absolute Gasteiger partial charge is 0.220 e. The lowest BCUT2D eigenvalue weighted by molar-refractivity contribution is -0.121. The fraction of sp³-hybridized carbons (Fsp3) is 0.235. The number of fused-ring (bicyclic) bond motifs is 1. The Bertz CT molecular complexity index is 722. The van der Waals surface area contributed by atoms with E-state index in [0.717, 1.165) is 22.6 Å². The number of aryl methyl sites for hydroxylation is 1. The summed E-state index contributed by atoms with van der Waals surface area (Å²) >= 11 is 1.66. The van der Waals surface area contributed by atoms with Crippen LogP contribution in [0.25, 0.3) is 10.2 Å². The molecular weight excluding hydrogens is 294 g/mol. The number of nitrogens with zero attached hydrogens (tertiary/aromatic N) is 2. The Morgan fingerprint density at radius 3 is 2.77 bits per heavy atom. The van der Waals surface area contributed by atoms with Gasteiger partial charge in [0.2, 0.25) is 5.91 Å². The van der Waals surface area contributed by atoms with E-state index in [9.17, 15) is 4.79 Å². The SMILES string of the molecule is O=C(CCc1nc2ccccc2s1)NCCc1ccccn1. The zero-order valence-electron chi connectivity index (χ0n) is 12.2. The third kappa shape index (κ3) is 3.89. The number of aromatic nitrogens is 2. The molecule has 4 nitrogen and oxygen atoms in total. The van der Waals surface area contributed by atoms with Gasteiger partial charge < -0.3 is 5.32 Å². The summed E-state index contributed by atoms with van der Waals surface area (Å²) in [6, 6.07) is 13.9. The number of rotatable bonds is 6. The van der Waals surface area contributed by atoms with E-state index >= 15 is 0 Å². The maximum absolute atomic E-state index is 11.9. The number of amides is 1. The molecular formula is C17H17N3OS. The molecule has 5 heteroatoms. The minimum atomic E-state index is 0.0650. The Hall–Kier alpha value is -2.27. The molecule has 0 fully saturated rings. The maximum atomic E-state index is 11.9. The first-order chi connectivity index (χ1) is 10.8. The molecule has 0 saturated carbocycles. The Morgan fingerprint density at radius 1 is 1.09 bits per heavy atom. The molecule has 1 amide bonds. The minimum Gasteiger partial charge on any atom is -0.356 e. The number of nitrogens with one attached hydrogen (secondary N) is 1. The number of carbonyl (C=O) groups is 1. The molecule has 0 atom stereocenters. The van der Waals surface area contributed by atoms with E-state index in [1.54, 1.807) is 17.5 Å². The van der Waals surface area contributed by atoms with Gasteiger partial charge in [0.1, 0.15) is 0 Å². The van der Waals surface area contributed by atoms with Crippen LogP contribution < -0.4 is 5.32 Å². The zero-order valence-corrected chi connectivity index (χ0v) is 13.0. The van der Waals surface area contributed by atoms with Crippen LogP contribution in [0, 0.1) is 0 Å². The Kier molecular flexibility index (Phi) is 4.75. The second-order valence-corrected chi connectivity index (χ2v) is 6.11. The summed E-state index contributed by atoms with van der Waals surface area (Å²) in [6.45, 7) is 0.621. The van der Waals surface area contributed by atoms with Crippen LogP contribution >= 0.6 is 11.3 Å². The summed E-state index contributed by atoms with van der Waals surface area (Å²) in [5.74, 6) is 0.0650. The average molecular weight is 311 g/mol. The summed E-state index contributed by atoms with van der Waals surface area (Å²) < 4.78 is 1.17. The minimum absolute atomic E-state index is 0.0650. The molecule has 0 bridgehead atoms. The Labute approximate surface area is 133 Å². The van der Waals surface area contributed by atoms with Crippen LogP contribution in [0.4, 0.5) is 0 Å². The van der Waals surface area contributed by atoms with E-state index in [2.05, 4.69) is 21.4 Å². The first-order valence-electron chi connectivity index (χ1n) is 7.32. The Morgan fingerprint density at radius 2 is 1.95 bits per heavy atom. The zero-order chi connectivity index (χ0) is 15.2. The lowest BCUT2D eigenvalue weighted by Crippen LogP contribution is -2.26. The highest BCUT2D eigenvalue weighted by molar-refractivity contribution is 7.18. The molecule has 2 heterocycles. The van der Waals surface area contributed by atoms with E-state index in [4.69, 9.17) is 0 Å². The lowest BCUT2D eigenvalue weighted by Gasteiger charge is -2.04. The maximum Gasteiger partial charge on any atom is 0.220 e.